The maximum absolute atomic E-state index is 11.3. The minimum absolute atomic E-state index is 0.218. The van der Waals surface area contributed by atoms with Crippen molar-refractivity contribution < 1.29 is 4.79 Å². The average molecular weight is 366 g/mol. The van der Waals surface area contributed by atoms with Crippen LogP contribution in [0.15, 0.2) is 36.7 Å². The van der Waals surface area contributed by atoms with Crippen molar-refractivity contribution in [1.82, 2.24) is 20.8 Å². The molecule has 7 heteroatoms. The van der Waals surface area contributed by atoms with Crippen molar-refractivity contribution in [3.63, 3.8) is 0 Å². The van der Waals surface area contributed by atoms with Crippen molar-refractivity contribution in [3.8, 4) is 0 Å². The minimum Gasteiger partial charge on any atom is -0.364 e. The normalized spacial score (nSPS) is 23.5. The zero-order valence-electron chi connectivity index (χ0n) is 15.6. The molecule has 3 heterocycles. The average Bonchev–Trinajstić information content (AvgIpc) is 3.18. The Hall–Kier alpha value is -2.51. The van der Waals surface area contributed by atoms with Crippen LogP contribution in [0, 0.1) is 12.8 Å². The molecule has 0 bridgehead atoms. The van der Waals surface area contributed by atoms with E-state index >= 15 is 0 Å². The van der Waals surface area contributed by atoms with Gasteiger partial charge in [-0.15, -0.1) is 0 Å². The van der Waals surface area contributed by atoms with E-state index in [1.807, 2.05) is 0 Å². The lowest BCUT2D eigenvalue weighted by atomic mass is 9.80. The number of hydrazine groups is 1. The number of amides is 1. The van der Waals surface area contributed by atoms with Gasteiger partial charge in [-0.25, -0.2) is 4.98 Å². The molecule has 2 aliphatic rings. The van der Waals surface area contributed by atoms with Crippen molar-refractivity contribution in [2.75, 3.05) is 24.5 Å². The Balaban J connectivity index is 1.43. The summed E-state index contributed by atoms with van der Waals surface area (Å²) in [5.41, 5.74) is 15.1. The van der Waals surface area contributed by atoms with Crippen LogP contribution in [0.25, 0.3) is 0 Å². The maximum atomic E-state index is 11.3. The summed E-state index contributed by atoms with van der Waals surface area (Å²) in [6.45, 7) is 4.91. The van der Waals surface area contributed by atoms with Gasteiger partial charge in [0.1, 0.15) is 11.5 Å². The number of hydrogen-bond donors (Lipinski definition) is 3. The summed E-state index contributed by atoms with van der Waals surface area (Å²) in [5.74, 6) is 1.27. The first-order valence-corrected chi connectivity index (χ1v) is 9.53. The summed E-state index contributed by atoms with van der Waals surface area (Å²) >= 11 is 0. The number of rotatable bonds is 4. The summed E-state index contributed by atoms with van der Waals surface area (Å²) in [7, 11) is 0. The van der Waals surface area contributed by atoms with Crippen LogP contribution in [-0.4, -0.2) is 41.6 Å². The molecule has 0 saturated carbocycles. The molecule has 0 aliphatic carbocycles. The summed E-state index contributed by atoms with van der Waals surface area (Å²) in [5, 5.41) is 0. The molecule has 4 N–H and O–H groups in total. The molecule has 1 amide bonds. The van der Waals surface area contributed by atoms with Crippen molar-refractivity contribution >= 4 is 11.7 Å². The van der Waals surface area contributed by atoms with E-state index in [0.717, 1.165) is 38.3 Å². The van der Waals surface area contributed by atoms with Gasteiger partial charge in [-0.05, 0) is 31.2 Å². The van der Waals surface area contributed by atoms with E-state index in [-0.39, 0.29) is 5.69 Å². The van der Waals surface area contributed by atoms with Crippen LogP contribution in [0.4, 0.5) is 5.82 Å². The highest BCUT2D eigenvalue weighted by atomic mass is 16.1. The molecular weight excluding hydrogens is 340 g/mol. The highest BCUT2D eigenvalue weighted by Crippen LogP contribution is 2.33. The number of piperidine rings is 1. The van der Waals surface area contributed by atoms with E-state index in [0.29, 0.717) is 17.9 Å². The molecule has 0 radical (unpaired) electrons. The minimum atomic E-state index is -0.540. The fraction of sp³-hybridized carbons (Fsp3) is 0.450. The third-order valence-corrected chi connectivity index (χ3v) is 5.74. The summed E-state index contributed by atoms with van der Waals surface area (Å²) in [6, 6.07) is 9.25. The summed E-state index contributed by atoms with van der Waals surface area (Å²) < 4.78 is 0. The topological polar surface area (TPSA) is 96.2 Å². The Kier molecular flexibility index (Phi) is 5.05. The maximum Gasteiger partial charge on any atom is 0.268 e. The van der Waals surface area contributed by atoms with E-state index in [9.17, 15) is 4.79 Å². The van der Waals surface area contributed by atoms with Crippen LogP contribution in [-0.2, 0) is 0 Å². The first kappa shape index (κ1) is 17.9. The number of aromatic nitrogens is 2. The molecule has 2 fully saturated rings. The number of carbonyl (C=O) groups is 1. The van der Waals surface area contributed by atoms with Gasteiger partial charge in [-0.3, -0.25) is 20.6 Å². The van der Waals surface area contributed by atoms with Crippen LogP contribution in [0.2, 0.25) is 0 Å². The zero-order chi connectivity index (χ0) is 18.8. The fourth-order valence-corrected chi connectivity index (χ4v) is 4.30. The van der Waals surface area contributed by atoms with Gasteiger partial charge in [0.15, 0.2) is 0 Å². The zero-order valence-corrected chi connectivity index (χ0v) is 15.6. The molecule has 142 valence electrons. The Bertz CT molecular complexity index is 818. The van der Waals surface area contributed by atoms with E-state index in [1.54, 1.807) is 6.20 Å². The van der Waals surface area contributed by atoms with Crippen LogP contribution in [0.3, 0.4) is 0 Å². The van der Waals surface area contributed by atoms with E-state index in [2.05, 4.69) is 56.9 Å². The lowest BCUT2D eigenvalue weighted by Crippen LogP contribution is -2.44. The number of anilines is 1. The standard InChI is InChI=1S/C20H26N6O/c1-13-3-2-4-15(9-13)16-10-23-25-19(16)14-5-7-26(8-6-14)18-12-22-11-17(24-18)20(21)27/h2-4,9,11-12,14,16,19,23,25H,5-8,10H2,1H3,(H2,21,27). The summed E-state index contributed by atoms with van der Waals surface area (Å²) in [4.78, 5) is 22.0. The number of nitrogens with two attached hydrogens (primary N) is 1. The number of nitrogens with zero attached hydrogens (tertiary/aromatic N) is 3. The van der Waals surface area contributed by atoms with Gasteiger partial charge in [0.25, 0.3) is 5.91 Å². The quantitative estimate of drug-likeness (QED) is 0.756. The number of primary amides is 1. The molecule has 7 nitrogen and oxygen atoms in total. The van der Waals surface area contributed by atoms with E-state index in [4.69, 9.17) is 5.73 Å². The second kappa shape index (κ2) is 7.62. The molecule has 1 aromatic heterocycles. The molecule has 1 aromatic carbocycles. The van der Waals surface area contributed by atoms with Crippen LogP contribution in [0.5, 0.6) is 0 Å². The summed E-state index contributed by atoms with van der Waals surface area (Å²) in [6.07, 6.45) is 5.27. The predicted molar refractivity (Wildman–Crippen MR) is 104 cm³/mol. The number of benzene rings is 1. The number of nitrogens with one attached hydrogen (secondary N) is 2. The molecule has 4 rings (SSSR count). The van der Waals surface area contributed by atoms with E-state index < -0.39 is 5.91 Å². The largest absolute Gasteiger partial charge is 0.364 e. The first-order valence-electron chi connectivity index (χ1n) is 9.53. The van der Waals surface area contributed by atoms with Crippen LogP contribution in [0.1, 0.15) is 40.4 Å². The highest BCUT2D eigenvalue weighted by Gasteiger charge is 2.36. The van der Waals surface area contributed by atoms with Gasteiger partial charge in [0.05, 0.1) is 12.4 Å². The molecule has 0 spiro atoms. The Morgan fingerprint density at radius 3 is 2.81 bits per heavy atom. The monoisotopic (exact) mass is 366 g/mol. The van der Waals surface area contributed by atoms with Gasteiger partial charge in [-0.2, -0.15) is 0 Å². The number of aryl methyl sites for hydroxylation is 1. The molecule has 27 heavy (non-hydrogen) atoms. The molecule has 2 saturated heterocycles. The Morgan fingerprint density at radius 2 is 2.07 bits per heavy atom. The third kappa shape index (κ3) is 3.79. The lowest BCUT2D eigenvalue weighted by Gasteiger charge is -2.37. The van der Waals surface area contributed by atoms with Crippen molar-refractivity contribution in [2.45, 2.75) is 31.7 Å². The third-order valence-electron chi connectivity index (χ3n) is 5.74. The molecule has 2 atom stereocenters. The molecule has 2 unspecified atom stereocenters. The van der Waals surface area contributed by atoms with E-state index in [1.165, 1.54) is 17.3 Å². The fourth-order valence-electron chi connectivity index (χ4n) is 4.30. The molecule has 2 aliphatic heterocycles. The Labute approximate surface area is 159 Å². The highest BCUT2D eigenvalue weighted by molar-refractivity contribution is 5.90. The van der Waals surface area contributed by atoms with Gasteiger partial charge in [-0.1, -0.05) is 29.8 Å². The Morgan fingerprint density at radius 1 is 1.26 bits per heavy atom. The molecule has 2 aromatic rings. The predicted octanol–water partition coefficient (Wildman–Crippen LogP) is 1.36. The first-order chi connectivity index (χ1) is 13.1. The second-order valence-electron chi connectivity index (χ2n) is 7.52. The number of hydrogen-bond acceptors (Lipinski definition) is 6. The van der Waals surface area contributed by atoms with Crippen molar-refractivity contribution in [2.24, 2.45) is 11.7 Å². The van der Waals surface area contributed by atoms with Crippen molar-refractivity contribution in [3.05, 3.63) is 53.5 Å². The van der Waals surface area contributed by atoms with Gasteiger partial charge >= 0.3 is 0 Å². The van der Waals surface area contributed by atoms with Crippen LogP contribution < -0.4 is 21.5 Å². The molecular formula is C20H26N6O. The van der Waals surface area contributed by atoms with Crippen molar-refractivity contribution in [1.29, 1.82) is 0 Å². The van der Waals surface area contributed by atoms with Gasteiger partial charge in [0, 0.05) is 31.6 Å². The second-order valence-corrected chi connectivity index (χ2v) is 7.52. The SMILES string of the molecule is Cc1cccc(C2CNNC2C2CCN(c3cncc(C(N)=O)n3)CC2)c1. The smallest absolute Gasteiger partial charge is 0.268 e. The number of carbonyl (C=O) groups excluding carboxylic acids is 1. The lowest BCUT2D eigenvalue weighted by molar-refractivity contribution is 0.0995. The van der Waals surface area contributed by atoms with Crippen LogP contribution >= 0.6 is 0 Å². The van der Waals surface area contributed by atoms with Gasteiger partial charge in [0.2, 0.25) is 0 Å². The van der Waals surface area contributed by atoms with Gasteiger partial charge < -0.3 is 10.6 Å².